The van der Waals surface area contributed by atoms with Gasteiger partial charge in [0.05, 0.1) is 26.3 Å². The molecule has 0 aliphatic carbocycles. The van der Waals surface area contributed by atoms with E-state index >= 15 is 0 Å². The average Bonchev–Trinajstić information content (AvgIpc) is 3.03. The van der Waals surface area contributed by atoms with Crippen molar-refractivity contribution >= 4 is 44.8 Å². The molecular formula is C18H17Cl2N3S. The molecule has 0 amide bonds. The Morgan fingerprint density at radius 3 is 2.62 bits per heavy atom. The Morgan fingerprint density at radius 2 is 1.83 bits per heavy atom. The molecule has 0 bridgehead atoms. The first kappa shape index (κ1) is 16.3. The highest BCUT2D eigenvalue weighted by atomic mass is 35.5. The first-order chi connectivity index (χ1) is 11.7. The predicted molar refractivity (Wildman–Crippen MR) is 102 cm³/mol. The molecule has 0 radical (unpaired) electrons. The molecule has 0 spiro atoms. The Morgan fingerprint density at radius 1 is 1.04 bits per heavy atom. The van der Waals surface area contributed by atoms with Gasteiger partial charge in [-0.2, -0.15) is 0 Å². The highest BCUT2D eigenvalue weighted by molar-refractivity contribution is 7.18. The highest BCUT2D eigenvalue weighted by Gasteiger charge is 2.29. The number of thiazole rings is 1. The van der Waals surface area contributed by atoms with Crippen molar-refractivity contribution in [3.8, 4) is 0 Å². The van der Waals surface area contributed by atoms with E-state index in [1.54, 1.807) is 11.3 Å². The van der Waals surface area contributed by atoms with Crippen molar-refractivity contribution in [3.05, 3.63) is 63.1 Å². The smallest absolute Gasteiger partial charge is 0.116 e. The fourth-order valence-corrected chi connectivity index (χ4v) is 4.70. The zero-order valence-corrected chi connectivity index (χ0v) is 15.3. The topological polar surface area (TPSA) is 28.2 Å². The van der Waals surface area contributed by atoms with Crippen molar-refractivity contribution in [2.24, 2.45) is 0 Å². The molecule has 0 saturated carbocycles. The fourth-order valence-electron chi connectivity index (χ4n) is 3.16. The number of benzene rings is 2. The summed E-state index contributed by atoms with van der Waals surface area (Å²) in [6.45, 7) is 3.87. The van der Waals surface area contributed by atoms with Crippen LogP contribution in [0.15, 0.2) is 42.5 Å². The molecule has 1 saturated heterocycles. The SMILES string of the molecule is Clc1cccc(C(c2nc3ccccc3s2)N2CCNCC2)c1Cl. The number of aromatic nitrogens is 1. The van der Waals surface area contributed by atoms with E-state index in [-0.39, 0.29) is 6.04 Å². The monoisotopic (exact) mass is 377 g/mol. The lowest BCUT2D eigenvalue weighted by atomic mass is 10.0. The van der Waals surface area contributed by atoms with E-state index in [0.717, 1.165) is 42.3 Å². The Labute approximate surface area is 155 Å². The minimum absolute atomic E-state index is 0.0377. The van der Waals surface area contributed by atoms with Gasteiger partial charge in [0.2, 0.25) is 0 Å². The molecule has 24 heavy (non-hydrogen) atoms. The number of nitrogens with zero attached hydrogens (tertiary/aromatic N) is 2. The molecule has 3 aromatic rings. The van der Waals surface area contributed by atoms with Gasteiger partial charge < -0.3 is 5.32 Å². The molecule has 124 valence electrons. The van der Waals surface area contributed by atoms with Gasteiger partial charge in [-0.25, -0.2) is 4.98 Å². The number of para-hydroxylation sites is 1. The van der Waals surface area contributed by atoms with Gasteiger partial charge in [-0.15, -0.1) is 11.3 Å². The maximum Gasteiger partial charge on any atom is 0.116 e. The predicted octanol–water partition coefficient (Wildman–Crippen LogP) is 4.60. The summed E-state index contributed by atoms with van der Waals surface area (Å²) in [5.41, 5.74) is 2.07. The number of nitrogens with one attached hydrogen (secondary N) is 1. The van der Waals surface area contributed by atoms with Crippen molar-refractivity contribution in [3.63, 3.8) is 0 Å². The van der Waals surface area contributed by atoms with Gasteiger partial charge in [0.1, 0.15) is 5.01 Å². The van der Waals surface area contributed by atoms with E-state index in [1.165, 1.54) is 4.70 Å². The second-order valence-electron chi connectivity index (χ2n) is 5.85. The molecular weight excluding hydrogens is 361 g/mol. The van der Waals surface area contributed by atoms with Crippen LogP contribution < -0.4 is 5.32 Å². The van der Waals surface area contributed by atoms with Crippen LogP contribution in [-0.4, -0.2) is 36.1 Å². The standard InChI is InChI=1S/C18H17Cl2N3S/c19-13-5-3-4-12(16(13)20)17(23-10-8-21-9-11-23)18-22-14-6-1-2-7-15(14)24-18/h1-7,17,21H,8-11H2. The minimum Gasteiger partial charge on any atom is -0.314 e. The summed E-state index contributed by atoms with van der Waals surface area (Å²) in [7, 11) is 0. The Bertz CT molecular complexity index is 825. The molecule has 1 atom stereocenters. The second-order valence-corrected chi connectivity index (χ2v) is 7.70. The van der Waals surface area contributed by atoms with Crippen LogP contribution in [0.2, 0.25) is 10.0 Å². The van der Waals surface area contributed by atoms with E-state index in [9.17, 15) is 0 Å². The molecule has 1 aromatic heterocycles. The molecule has 2 aromatic carbocycles. The zero-order chi connectivity index (χ0) is 16.5. The number of halogens is 2. The molecule has 1 unspecified atom stereocenters. The Balaban J connectivity index is 1.84. The van der Waals surface area contributed by atoms with E-state index in [1.807, 2.05) is 18.2 Å². The highest BCUT2D eigenvalue weighted by Crippen LogP contribution is 2.39. The van der Waals surface area contributed by atoms with Crippen LogP contribution in [0.4, 0.5) is 0 Å². The van der Waals surface area contributed by atoms with E-state index in [4.69, 9.17) is 28.2 Å². The fraction of sp³-hybridized carbons (Fsp3) is 0.278. The van der Waals surface area contributed by atoms with Crippen LogP contribution in [0.5, 0.6) is 0 Å². The first-order valence-electron chi connectivity index (χ1n) is 7.98. The van der Waals surface area contributed by atoms with E-state index < -0.39 is 0 Å². The van der Waals surface area contributed by atoms with Crippen LogP contribution in [0.1, 0.15) is 16.6 Å². The van der Waals surface area contributed by atoms with Crippen molar-refractivity contribution in [2.75, 3.05) is 26.2 Å². The van der Waals surface area contributed by atoms with Crippen LogP contribution in [0.3, 0.4) is 0 Å². The maximum atomic E-state index is 6.56. The number of hydrogen-bond acceptors (Lipinski definition) is 4. The molecule has 1 aliphatic rings. The molecule has 1 N–H and O–H groups in total. The lowest BCUT2D eigenvalue weighted by molar-refractivity contribution is 0.198. The number of fused-ring (bicyclic) bond motifs is 1. The van der Waals surface area contributed by atoms with Gasteiger partial charge in [-0.3, -0.25) is 4.90 Å². The van der Waals surface area contributed by atoms with Crippen LogP contribution >= 0.6 is 34.5 Å². The third-order valence-electron chi connectivity index (χ3n) is 4.34. The quantitative estimate of drug-likeness (QED) is 0.722. The number of rotatable bonds is 3. The van der Waals surface area contributed by atoms with E-state index in [0.29, 0.717) is 10.0 Å². The Hall–Kier alpha value is -1.17. The van der Waals surface area contributed by atoms with Crippen molar-refractivity contribution < 1.29 is 0 Å². The van der Waals surface area contributed by atoms with Crippen LogP contribution in [0, 0.1) is 0 Å². The summed E-state index contributed by atoms with van der Waals surface area (Å²) in [6, 6.07) is 14.2. The van der Waals surface area contributed by atoms with Gasteiger partial charge in [0.25, 0.3) is 0 Å². The summed E-state index contributed by atoms with van der Waals surface area (Å²) in [5.74, 6) is 0. The average molecular weight is 378 g/mol. The maximum absolute atomic E-state index is 6.56. The van der Waals surface area contributed by atoms with Gasteiger partial charge in [0.15, 0.2) is 0 Å². The molecule has 6 heteroatoms. The molecule has 1 aliphatic heterocycles. The number of piperazine rings is 1. The summed E-state index contributed by atoms with van der Waals surface area (Å²) >= 11 is 14.6. The molecule has 1 fully saturated rings. The minimum atomic E-state index is 0.0377. The van der Waals surface area contributed by atoms with Crippen molar-refractivity contribution in [2.45, 2.75) is 6.04 Å². The van der Waals surface area contributed by atoms with Crippen LogP contribution in [-0.2, 0) is 0 Å². The third-order valence-corrected chi connectivity index (χ3v) is 6.26. The van der Waals surface area contributed by atoms with Gasteiger partial charge >= 0.3 is 0 Å². The van der Waals surface area contributed by atoms with E-state index in [2.05, 4.69) is 34.5 Å². The van der Waals surface area contributed by atoms with Gasteiger partial charge in [-0.05, 0) is 23.8 Å². The second kappa shape index (κ2) is 6.98. The number of hydrogen-bond donors (Lipinski definition) is 1. The summed E-state index contributed by atoms with van der Waals surface area (Å²) in [5, 5.41) is 5.70. The van der Waals surface area contributed by atoms with Gasteiger partial charge in [-0.1, -0.05) is 47.5 Å². The van der Waals surface area contributed by atoms with Crippen molar-refractivity contribution in [1.29, 1.82) is 0 Å². The first-order valence-corrected chi connectivity index (χ1v) is 9.55. The lowest BCUT2D eigenvalue weighted by Crippen LogP contribution is -2.45. The van der Waals surface area contributed by atoms with Crippen LogP contribution in [0.25, 0.3) is 10.2 Å². The molecule has 3 nitrogen and oxygen atoms in total. The molecule has 2 heterocycles. The Kier molecular flexibility index (Phi) is 4.74. The summed E-state index contributed by atoms with van der Waals surface area (Å²) in [4.78, 5) is 7.33. The lowest BCUT2D eigenvalue weighted by Gasteiger charge is -2.34. The normalized spacial score (nSPS) is 17.2. The zero-order valence-electron chi connectivity index (χ0n) is 13.0. The summed E-state index contributed by atoms with van der Waals surface area (Å²) in [6.07, 6.45) is 0. The third kappa shape index (κ3) is 3.05. The van der Waals surface area contributed by atoms with Crippen molar-refractivity contribution in [1.82, 2.24) is 15.2 Å². The largest absolute Gasteiger partial charge is 0.314 e. The molecule has 4 rings (SSSR count). The van der Waals surface area contributed by atoms with Gasteiger partial charge in [0, 0.05) is 26.2 Å². The summed E-state index contributed by atoms with van der Waals surface area (Å²) < 4.78 is 1.20.